The van der Waals surface area contributed by atoms with Crippen LogP contribution in [0.1, 0.15) is 10.4 Å². The van der Waals surface area contributed by atoms with Gasteiger partial charge in [-0.05, 0) is 24.3 Å². The molecule has 0 fully saturated rings. The number of anilines is 2. The lowest BCUT2D eigenvalue weighted by atomic mass is 10.2. The highest BCUT2D eigenvalue weighted by Gasteiger charge is 2.20. The van der Waals surface area contributed by atoms with E-state index in [1.807, 2.05) is 5.32 Å². The summed E-state index contributed by atoms with van der Waals surface area (Å²) < 4.78 is 27.9. The van der Waals surface area contributed by atoms with E-state index < -0.39 is 34.0 Å². The molecule has 0 aliphatic rings. The van der Waals surface area contributed by atoms with Crippen molar-refractivity contribution in [3.63, 3.8) is 0 Å². The Morgan fingerprint density at radius 3 is 2.22 bits per heavy atom. The summed E-state index contributed by atoms with van der Waals surface area (Å²) in [5.41, 5.74) is -0.744. The summed E-state index contributed by atoms with van der Waals surface area (Å²) in [5.74, 6) is -3.74. The Bertz CT molecular complexity index is 740. The third-order valence-electron chi connectivity index (χ3n) is 2.82. The first-order valence-corrected chi connectivity index (χ1v) is 7.21. The van der Waals surface area contributed by atoms with Gasteiger partial charge in [0.05, 0.1) is 5.69 Å². The van der Waals surface area contributed by atoms with Gasteiger partial charge in [-0.15, -0.1) is 0 Å². The molecule has 0 aliphatic carbocycles. The van der Waals surface area contributed by atoms with Crippen LogP contribution in [0.3, 0.4) is 0 Å². The maximum atomic E-state index is 14.3. The maximum absolute atomic E-state index is 14.3. The van der Waals surface area contributed by atoms with E-state index in [1.165, 1.54) is 12.1 Å². The fraction of sp³-hybridized carbons (Fsp3) is 0.0667. The molecule has 0 aromatic heterocycles. The molecule has 0 spiro atoms. The van der Waals surface area contributed by atoms with Crippen LogP contribution in [0.2, 0.25) is 0 Å². The van der Waals surface area contributed by atoms with Gasteiger partial charge in [0.1, 0.15) is 11.5 Å². The van der Waals surface area contributed by atoms with E-state index in [1.54, 1.807) is 18.2 Å². The highest BCUT2D eigenvalue weighted by atomic mass is 35.5. The standard InChI is InChI=1S/C15H10Cl2F2N2O2/c16-13(17)15(23)21-12-9(18)6-7-10(11(12)19)20-14(22)8-4-2-1-3-5-8/h1-7,13H,(H,20,22)(H,21,23). The second-order valence-electron chi connectivity index (χ2n) is 4.39. The van der Waals surface area contributed by atoms with E-state index in [0.29, 0.717) is 5.56 Å². The SMILES string of the molecule is O=C(Nc1ccc(F)c(NC(=O)C(Cl)Cl)c1F)c1ccccc1. The first-order chi connectivity index (χ1) is 10.9. The molecule has 2 aromatic carbocycles. The Morgan fingerprint density at radius 2 is 1.61 bits per heavy atom. The van der Waals surface area contributed by atoms with Crippen LogP contribution in [0.4, 0.5) is 20.2 Å². The number of alkyl halides is 2. The topological polar surface area (TPSA) is 58.2 Å². The molecule has 4 nitrogen and oxygen atoms in total. The maximum Gasteiger partial charge on any atom is 0.257 e. The van der Waals surface area contributed by atoms with E-state index in [9.17, 15) is 18.4 Å². The van der Waals surface area contributed by atoms with Gasteiger partial charge >= 0.3 is 0 Å². The number of carbonyl (C=O) groups is 2. The second-order valence-corrected chi connectivity index (χ2v) is 5.49. The van der Waals surface area contributed by atoms with Gasteiger partial charge in [0.2, 0.25) is 0 Å². The van der Waals surface area contributed by atoms with Crippen molar-refractivity contribution in [1.82, 2.24) is 0 Å². The molecule has 2 N–H and O–H groups in total. The number of nitrogens with one attached hydrogen (secondary N) is 2. The lowest BCUT2D eigenvalue weighted by Gasteiger charge is -2.12. The van der Waals surface area contributed by atoms with Crippen LogP contribution >= 0.6 is 23.2 Å². The van der Waals surface area contributed by atoms with Gasteiger partial charge in [-0.3, -0.25) is 9.59 Å². The molecular formula is C15H10Cl2F2N2O2. The fourth-order valence-electron chi connectivity index (χ4n) is 1.73. The van der Waals surface area contributed by atoms with Crippen LogP contribution in [0, 0.1) is 11.6 Å². The summed E-state index contributed by atoms with van der Waals surface area (Å²) in [7, 11) is 0. The molecule has 0 bridgehead atoms. The number of benzene rings is 2. The van der Waals surface area contributed by atoms with E-state index in [0.717, 1.165) is 12.1 Å². The molecule has 2 rings (SSSR count). The van der Waals surface area contributed by atoms with Crippen molar-refractivity contribution >= 4 is 46.4 Å². The third-order valence-corrected chi connectivity index (χ3v) is 3.22. The molecule has 0 radical (unpaired) electrons. The predicted molar refractivity (Wildman–Crippen MR) is 84.9 cm³/mol. The smallest absolute Gasteiger partial charge is 0.257 e. The van der Waals surface area contributed by atoms with Crippen LogP contribution in [-0.4, -0.2) is 16.7 Å². The zero-order chi connectivity index (χ0) is 17.0. The van der Waals surface area contributed by atoms with E-state index >= 15 is 0 Å². The normalized spacial score (nSPS) is 10.5. The number of amides is 2. The van der Waals surface area contributed by atoms with E-state index in [2.05, 4.69) is 5.32 Å². The highest BCUT2D eigenvalue weighted by Crippen LogP contribution is 2.27. The molecule has 0 atom stereocenters. The van der Waals surface area contributed by atoms with Crippen molar-refractivity contribution in [3.8, 4) is 0 Å². The van der Waals surface area contributed by atoms with Gasteiger partial charge < -0.3 is 10.6 Å². The molecule has 2 amide bonds. The molecule has 0 unspecified atom stereocenters. The summed E-state index contributed by atoms with van der Waals surface area (Å²) >= 11 is 10.7. The van der Waals surface area contributed by atoms with E-state index in [-0.39, 0.29) is 5.69 Å². The van der Waals surface area contributed by atoms with Crippen molar-refractivity contribution in [1.29, 1.82) is 0 Å². The predicted octanol–water partition coefficient (Wildman–Crippen LogP) is 3.96. The minimum absolute atomic E-state index is 0.295. The molecule has 0 saturated carbocycles. The monoisotopic (exact) mass is 358 g/mol. The summed E-state index contributed by atoms with van der Waals surface area (Å²) in [6, 6.07) is 10.0. The first-order valence-electron chi connectivity index (χ1n) is 6.33. The summed E-state index contributed by atoms with van der Waals surface area (Å²) in [5, 5.41) is 4.23. The molecule has 8 heteroatoms. The quantitative estimate of drug-likeness (QED) is 0.812. The van der Waals surface area contributed by atoms with Gasteiger partial charge in [-0.2, -0.15) is 0 Å². The Balaban J connectivity index is 2.27. The van der Waals surface area contributed by atoms with Crippen LogP contribution in [0.25, 0.3) is 0 Å². The highest BCUT2D eigenvalue weighted by molar-refractivity contribution is 6.54. The first kappa shape index (κ1) is 17.2. The van der Waals surface area contributed by atoms with Gasteiger partial charge in [0.15, 0.2) is 10.7 Å². The Morgan fingerprint density at radius 1 is 0.957 bits per heavy atom. The summed E-state index contributed by atoms with van der Waals surface area (Å²) in [6.07, 6.45) is 0. The number of rotatable bonds is 4. The van der Waals surface area contributed by atoms with Gasteiger partial charge in [-0.25, -0.2) is 8.78 Å². The molecule has 0 heterocycles. The van der Waals surface area contributed by atoms with E-state index in [4.69, 9.17) is 23.2 Å². The average Bonchev–Trinajstić information content (AvgIpc) is 2.54. The van der Waals surface area contributed by atoms with Crippen LogP contribution in [0.5, 0.6) is 0 Å². The Labute approximate surface area is 140 Å². The minimum Gasteiger partial charge on any atom is -0.319 e. The molecule has 120 valence electrons. The zero-order valence-electron chi connectivity index (χ0n) is 11.4. The number of carbonyl (C=O) groups excluding carboxylic acids is 2. The summed E-state index contributed by atoms with van der Waals surface area (Å²) in [4.78, 5) is 21.9. The fourth-order valence-corrected chi connectivity index (χ4v) is 1.83. The van der Waals surface area contributed by atoms with Gasteiger partial charge in [0, 0.05) is 5.56 Å². The van der Waals surface area contributed by atoms with Crippen molar-refractivity contribution in [2.75, 3.05) is 10.6 Å². The van der Waals surface area contributed by atoms with Crippen LogP contribution in [-0.2, 0) is 4.79 Å². The summed E-state index contributed by atoms with van der Waals surface area (Å²) in [6.45, 7) is 0. The minimum atomic E-state index is -1.49. The van der Waals surface area contributed by atoms with Crippen molar-refractivity contribution in [3.05, 3.63) is 59.7 Å². The Kier molecular flexibility index (Phi) is 5.52. The molecular weight excluding hydrogens is 349 g/mol. The number of hydrogen-bond donors (Lipinski definition) is 2. The molecule has 0 saturated heterocycles. The second kappa shape index (κ2) is 7.39. The van der Waals surface area contributed by atoms with Crippen molar-refractivity contribution in [2.45, 2.75) is 4.84 Å². The molecule has 2 aromatic rings. The Hall–Kier alpha value is -2.18. The average molecular weight is 359 g/mol. The van der Waals surface area contributed by atoms with Gasteiger partial charge in [-0.1, -0.05) is 41.4 Å². The van der Waals surface area contributed by atoms with Crippen molar-refractivity contribution < 1.29 is 18.4 Å². The number of hydrogen-bond acceptors (Lipinski definition) is 2. The lowest BCUT2D eigenvalue weighted by molar-refractivity contribution is -0.114. The van der Waals surface area contributed by atoms with Crippen LogP contribution in [0.15, 0.2) is 42.5 Å². The number of halogens is 4. The van der Waals surface area contributed by atoms with Crippen molar-refractivity contribution in [2.24, 2.45) is 0 Å². The van der Waals surface area contributed by atoms with Gasteiger partial charge in [0.25, 0.3) is 11.8 Å². The molecule has 23 heavy (non-hydrogen) atoms. The largest absolute Gasteiger partial charge is 0.319 e. The molecule has 0 aliphatic heterocycles. The van der Waals surface area contributed by atoms with Crippen LogP contribution < -0.4 is 10.6 Å². The third kappa shape index (κ3) is 4.18. The zero-order valence-corrected chi connectivity index (χ0v) is 13.0. The lowest BCUT2D eigenvalue weighted by Crippen LogP contribution is -2.21.